The first-order valence-corrected chi connectivity index (χ1v) is 14.0. The van der Waals surface area contributed by atoms with Gasteiger partial charge >= 0.3 is 6.09 Å². The van der Waals surface area contributed by atoms with Gasteiger partial charge < -0.3 is 24.6 Å². The Morgan fingerprint density at radius 1 is 0.850 bits per heavy atom. The topological polar surface area (TPSA) is 94.1 Å². The minimum absolute atomic E-state index is 0.00261. The number of carbonyl (C=O) groups excluding carboxylic acids is 2. The smallest absolute Gasteiger partial charge is 0.407 e. The van der Waals surface area contributed by atoms with Crippen molar-refractivity contribution in [2.45, 2.75) is 76.4 Å². The molecule has 0 radical (unpaired) electrons. The van der Waals surface area contributed by atoms with E-state index in [9.17, 15) is 14.7 Å². The van der Waals surface area contributed by atoms with Crippen molar-refractivity contribution in [1.29, 1.82) is 0 Å². The van der Waals surface area contributed by atoms with Gasteiger partial charge in [-0.25, -0.2) is 4.79 Å². The second-order valence-corrected chi connectivity index (χ2v) is 10.4. The number of hydrogen-bond acceptors (Lipinski definition) is 6. The molecule has 0 aliphatic heterocycles. The van der Waals surface area contributed by atoms with Crippen LogP contribution in [0.15, 0.2) is 84.9 Å². The summed E-state index contributed by atoms with van der Waals surface area (Å²) < 4.78 is 17.7. The summed E-state index contributed by atoms with van der Waals surface area (Å²) in [6, 6.07) is 27.0. The molecule has 1 fully saturated rings. The number of aliphatic hydroxyl groups excluding tert-OH is 1. The van der Waals surface area contributed by atoms with Crippen LogP contribution in [-0.4, -0.2) is 41.8 Å². The molecule has 1 aliphatic carbocycles. The lowest BCUT2D eigenvalue weighted by Crippen LogP contribution is -2.48. The Morgan fingerprint density at radius 3 is 2.10 bits per heavy atom. The monoisotopic (exact) mass is 545 g/mol. The third-order valence-electron chi connectivity index (χ3n) is 7.26. The molecule has 1 amide bonds. The number of alkyl carbamates (subject to hydrolysis) is 1. The molecule has 40 heavy (non-hydrogen) atoms. The predicted molar refractivity (Wildman–Crippen MR) is 153 cm³/mol. The highest BCUT2D eigenvalue weighted by molar-refractivity contribution is 5.76. The minimum Gasteiger partial charge on any atom is -0.489 e. The third-order valence-corrected chi connectivity index (χ3v) is 7.26. The molecular weight excluding hydrogens is 506 g/mol. The van der Waals surface area contributed by atoms with Crippen LogP contribution in [0.5, 0.6) is 5.75 Å². The lowest BCUT2D eigenvalue weighted by atomic mass is 9.82. The van der Waals surface area contributed by atoms with E-state index in [0.717, 1.165) is 42.6 Å². The fraction of sp³-hybridized carbons (Fsp3) is 0.394. The highest BCUT2D eigenvalue weighted by Crippen LogP contribution is 2.38. The van der Waals surface area contributed by atoms with E-state index < -0.39 is 18.2 Å². The van der Waals surface area contributed by atoms with Crippen molar-refractivity contribution in [3.05, 3.63) is 102 Å². The summed E-state index contributed by atoms with van der Waals surface area (Å²) in [6.07, 6.45) is 1.81. The Labute approximate surface area is 236 Å². The van der Waals surface area contributed by atoms with Crippen molar-refractivity contribution < 1.29 is 28.9 Å². The number of hydrogen-bond donors (Lipinski definition) is 2. The van der Waals surface area contributed by atoms with Crippen molar-refractivity contribution in [2.75, 3.05) is 6.61 Å². The lowest BCUT2D eigenvalue weighted by Gasteiger charge is -2.31. The molecule has 0 saturated heterocycles. The standard InChI is InChI=1S/C33H39NO6/c1-24(35)20-31(36)30(34-33(37)40-22-26-12-6-3-7-13-26)23-38-28-18-16-27(17-19-28)29-14-8-9-15-32(29)39-21-25-10-4-2-5-11-25/h2-15,27-28,30-31,36H,16-23H2,1H3,(H,34,37)/t27?,28?,30-,31+/m0/s1. The zero-order chi connectivity index (χ0) is 28.2. The maximum Gasteiger partial charge on any atom is 0.407 e. The minimum atomic E-state index is -1.06. The van der Waals surface area contributed by atoms with E-state index in [-0.39, 0.29) is 31.5 Å². The molecule has 2 N–H and O–H groups in total. The summed E-state index contributed by atoms with van der Waals surface area (Å²) in [5, 5.41) is 13.3. The van der Waals surface area contributed by atoms with Crippen molar-refractivity contribution in [3.63, 3.8) is 0 Å². The number of aliphatic hydroxyl groups is 1. The van der Waals surface area contributed by atoms with E-state index in [4.69, 9.17) is 14.2 Å². The maximum atomic E-state index is 12.4. The van der Waals surface area contributed by atoms with Gasteiger partial charge in [-0.1, -0.05) is 78.9 Å². The molecule has 7 nitrogen and oxygen atoms in total. The summed E-state index contributed by atoms with van der Waals surface area (Å²) >= 11 is 0. The Bertz CT molecular complexity index is 1190. The van der Waals surface area contributed by atoms with Crippen LogP contribution in [-0.2, 0) is 27.5 Å². The number of nitrogens with one attached hydrogen (secondary N) is 1. The van der Waals surface area contributed by atoms with Gasteiger partial charge in [0.15, 0.2) is 0 Å². The maximum absolute atomic E-state index is 12.4. The summed E-state index contributed by atoms with van der Waals surface area (Å²) in [6.45, 7) is 2.16. The molecule has 1 saturated carbocycles. The van der Waals surface area contributed by atoms with E-state index in [2.05, 4.69) is 29.6 Å². The molecule has 3 aromatic carbocycles. The number of Topliss-reactive ketones (excluding diaryl/α,β-unsaturated/α-hetero) is 1. The fourth-order valence-electron chi connectivity index (χ4n) is 5.07. The zero-order valence-corrected chi connectivity index (χ0v) is 23.0. The molecule has 4 rings (SSSR count). The fourth-order valence-corrected chi connectivity index (χ4v) is 5.07. The molecule has 2 atom stereocenters. The first-order chi connectivity index (χ1) is 19.5. The van der Waals surface area contributed by atoms with Crippen LogP contribution in [0, 0.1) is 0 Å². The quantitative estimate of drug-likeness (QED) is 0.276. The number of benzene rings is 3. The van der Waals surface area contributed by atoms with Crippen LogP contribution in [0.2, 0.25) is 0 Å². The van der Waals surface area contributed by atoms with E-state index in [1.54, 1.807) is 0 Å². The second-order valence-electron chi connectivity index (χ2n) is 10.4. The Morgan fingerprint density at radius 2 is 1.45 bits per heavy atom. The molecule has 7 heteroatoms. The van der Waals surface area contributed by atoms with Crippen LogP contribution >= 0.6 is 0 Å². The summed E-state index contributed by atoms with van der Waals surface area (Å²) in [4.78, 5) is 24.1. The number of rotatable bonds is 13. The lowest BCUT2D eigenvalue weighted by molar-refractivity contribution is -0.119. The van der Waals surface area contributed by atoms with Crippen LogP contribution in [0.25, 0.3) is 0 Å². The molecular formula is C33H39NO6. The first kappa shape index (κ1) is 29.3. The predicted octanol–water partition coefficient (Wildman–Crippen LogP) is 5.94. The molecule has 3 aromatic rings. The number of ketones is 1. The third kappa shape index (κ3) is 9.21. The van der Waals surface area contributed by atoms with Crippen LogP contribution < -0.4 is 10.1 Å². The highest BCUT2D eigenvalue weighted by Gasteiger charge is 2.28. The second kappa shape index (κ2) is 15.2. The molecule has 0 bridgehead atoms. The molecule has 0 heterocycles. The average Bonchev–Trinajstić information content (AvgIpc) is 2.98. The SMILES string of the molecule is CC(=O)C[C@@H](O)[C@H](COC1CCC(c2ccccc2OCc2ccccc2)CC1)NC(=O)OCc1ccccc1. The van der Waals surface area contributed by atoms with Gasteiger partial charge in [-0.2, -0.15) is 0 Å². The Balaban J connectivity index is 1.27. The van der Waals surface area contributed by atoms with Crippen molar-refractivity contribution in [1.82, 2.24) is 5.32 Å². The summed E-state index contributed by atoms with van der Waals surface area (Å²) in [5.74, 6) is 1.13. The summed E-state index contributed by atoms with van der Waals surface area (Å²) in [7, 11) is 0. The van der Waals surface area contributed by atoms with E-state index >= 15 is 0 Å². The number of ether oxygens (including phenoxy) is 3. The van der Waals surface area contributed by atoms with Gasteiger partial charge in [0.25, 0.3) is 0 Å². The van der Waals surface area contributed by atoms with Gasteiger partial charge in [-0.15, -0.1) is 0 Å². The molecule has 1 aliphatic rings. The van der Waals surface area contributed by atoms with Gasteiger partial charge in [0.2, 0.25) is 0 Å². The average molecular weight is 546 g/mol. The summed E-state index contributed by atoms with van der Waals surface area (Å²) in [5.41, 5.74) is 3.21. The molecule has 212 valence electrons. The number of amides is 1. The van der Waals surface area contributed by atoms with Crippen LogP contribution in [0.4, 0.5) is 4.79 Å². The number of para-hydroxylation sites is 1. The van der Waals surface area contributed by atoms with Gasteiger partial charge in [0.05, 0.1) is 24.9 Å². The molecule has 0 aromatic heterocycles. The van der Waals surface area contributed by atoms with Crippen molar-refractivity contribution in [3.8, 4) is 5.75 Å². The van der Waals surface area contributed by atoms with Crippen LogP contribution in [0.3, 0.4) is 0 Å². The Hall–Kier alpha value is -3.68. The van der Waals surface area contributed by atoms with Gasteiger partial charge in [-0.05, 0) is 61.3 Å². The van der Waals surface area contributed by atoms with E-state index in [0.29, 0.717) is 12.5 Å². The Kier molecular flexibility index (Phi) is 11.1. The van der Waals surface area contributed by atoms with E-state index in [1.807, 2.05) is 60.7 Å². The van der Waals surface area contributed by atoms with Gasteiger partial charge in [0, 0.05) is 6.42 Å². The van der Waals surface area contributed by atoms with E-state index in [1.165, 1.54) is 12.5 Å². The molecule has 0 spiro atoms. The van der Waals surface area contributed by atoms with Crippen molar-refractivity contribution in [2.24, 2.45) is 0 Å². The van der Waals surface area contributed by atoms with Gasteiger partial charge in [0.1, 0.15) is 24.7 Å². The van der Waals surface area contributed by atoms with Gasteiger partial charge in [-0.3, -0.25) is 4.79 Å². The van der Waals surface area contributed by atoms with Crippen LogP contribution in [0.1, 0.15) is 61.6 Å². The first-order valence-electron chi connectivity index (χ1n) is 14.0. The highest BCUT2D eigenvalue weighted by atomic mass is 16.5. The zero-order valence-electron chi connectivity index (χ0n) is 23.0. The largest absolute Gasteiger partial charge is 0.489 e. The van der Waals surface area contributed by atoms with Crippen molar-refractivity contribution >= 4 is 11.9 Å². The normalized spacial score (nSPS) is 18.4. The number of carbonyl (C=O) groups is 2. The molecule has 0 unspecified atom stereocenters.